The maximum Gasteiger partial charge on any atom is 0.0961 e. The normalized spacial score (nSPS) is 11.0. The zero-order chi connectivity index (χ0) is 16.1. The van der Waals surface area contributed by atoms with E-state index in [1.54, 1.807) is 0 Å². The fourth-order valence-corrected chi connectivity index (χ4v) is 2.21. The number of hydrogen-bond acceptors (Lipinski definition) is 2. The van der Waals surface area contributed by atoms with Crippen LogP contribution in [0.15, 0.2) is 23.7 Å². The fourth-order valence-electron chi connectivity index (χ4n) is 2.21. The van der Waals surface area contributed by atoms with Crippen molar-refractivity contribution in [1.29, 1.82) is 0 Å². The second-order valence-electron chi connectivity index (χ2n) is 5.80. The van der Waals surface area contributed by atoms with Crippen LogP contribution >= 0.6 is 0 Å². The second-order valence-corrected chi connectivity index (χ2v) is 5.80. The number of hydrogen-bond donors (Lipinski definition) is 0. The van der Waals surface area contributed by atoms with Gasteiger partial charge in [0.25, 0.3) is 0 Å². The van der Waals surface area contributed by atoms with Gasteiger partial charge in [0.05, 0.1) is 25.7 Å². The summed E-state index contributed by atoms with van der Waals surface area (Å²) in [4.78, 5) is 0. The van der Waals surface area contributed by atoms with Gasteiger partial charge in [-0.05, 0) is 49.7 Å². The second kappa shape index (κ2) is 11.7. The van der Waals surface area contributed by atoms with Crippen LogP contribution in [0.4, 0.5) is 0 Å². The van der Waals surface area contributed by atoms with Crippen molar-refractivity contribution in [3.05, 3.63) is 23.7 Å². The van der Waals surface area contributed by atoms with Gasteiger partial charge in [-0.3, -0.25) is 0 Å². The summed E-state index contributed by atoms with van der Waals surface area (Å²) in [6.45, 7) is 14.6. The lowest BCUT2D eigenvalue weighted by molar-refractivity contribution is 0.0306. The molecule has 2 heteroatoms. The van der Waals surface area contributed by atoms with Gasteiger partial charge >= 0.3 is 0 Å². The van der Waals surface area contributed by atoms with Gasteiger partial charge < -0.3 is 9.47 Å². The minimum absolute atomic E-state index is 0.117. The molecular weight excluding hydrogens is 260 g/mol. The average Bonchev–Trinajstić information content (AvgIpc) is 2.54. The molecule has 0 aliphatic rings. The van der Waals surface area contributed by atoms with Gasteiger partial charge in [0.1, 0.15) is 0 Å². The van der Waals surface area contributed by atoms with Gasteiger partial charge in [0.15, 0.2) is 0 Å². The molecule has 0 saturated heterocycles. The zero-order valence-electron chi connectivity index (χ0n) is 15.1. The Morgan fingerprint density at radius 3 is 1.24 bits per heavy atom. The van der Waals surface area contributed by atoms with Gasteiger partial charge in [-0.2, -0.15) is 0 Å². The molecule has 0 N–H and O–H groups in total. The Bertz CT molecular complexity index is 272. The van der Waals surface area contributed by atoms with Crippen molar-refractivity contribution in [1.82, 2.24) is 0 Å². The van der Waals surface area contributed by atoms with Crippen LogP contribution < -0.4 is 0 Å². The van der Waals surface area contributed by atoms with Crippen LogP contribution in [0.5, 0.6) is 0 Å². The quantitative estimate of drug-likeness (QED) is 0.397. The monoisotopic (exact) mass is 296 g/mol. The molecule has 0 amide bonds. The van der Waals surface area contributed by atoms with E-state index >= 15 is 0 Å². The van der Waals surface area contributed by atoms with E-state index in [9.17, 15) is 0 Å². The van der Waals surface area contributed by atoms with Gasteiger partial charge in [-0.25, -0.2) is 0 Å². The van der Waals surface area contributed by atoms with E-state index in [2.05, 4.69) is 41.5 Å². The van der Waals surface area contributed by atoms with Crippen LogP contribution in [0.2, 0.25) is 0 Å². The molecule has 0 spiro atoms. The molecule has 0 saturated carbocycles. The van der Waals surface area contributed by atoms with Crippen molar-refractivity contribution in [2.45, 2.75) is 80.1 Å². The van der Waals surface area contributed by atoms with Crippen molar-refractivity contribution in [3.8, 4) is 0 Å². The Kier molecular flexibility index (Phi) is 11.2. The largest absolute Gasteiger partial charge is 0.501 e. The van der Waals surface area contributed by atoms with E-state index in [0.29, 0.717) is 0 Å². The zero-order valence-corrected chi connectivity index (χ0v) is 15.1. The third kappa shape index (κ3) is 7.59. The van der Waals surface area contributed by atoms with Crippen LogP contribution in [0, 0.1) is 5.41 Å². The van der Waals surface area contributed by atoms with E-state index in [1.165, 1.54) is 11.1 Å². The van der Waals surface area contributed by atoms with Crippen molar-refractivity contribution < 1.29 is 9.47 Å². The number of allylic oxidation sites excluding steroid dienone is 2. The molecule has 0 aliphatic heterocycles. The van der Waals surface area contributed by atoms with E-state index < -0.39 is 0 Å². The molecule has 0 radical (unpaired) electrons. The Labute approximate surface area is 132 Å². The first kappa shape index (κ1) is 20.1. The summed E-state index contributed by atoms with van der Waals surface area (Å²) >= 11 is 0. The lowest BCUT2D eigenvalue weighted by atomic mass is 9.84. The summed E-state index contributed by atoms with van der Waals surface area (Å²) in [5, 5.41) is 0. The van der Waals surface area contributed by atoms with E-state index in [4.69, 9.17) is 9.47 Å². The molecule has 0 bridgehead atoms. The Balaban J connectivity index is 4.55. The predicted molar refractivity (Wildman–Crippen MR) is 92.2 cm³/mol. The Morgan fingerprint density at radius 1 is 0.667 bits per heavy atom. The lowest BCUT2D eigenvalue weighted by Crippen LogP contribution is -2.30. The summed E-state index contributed by atoms with van der Waals surface area (Å²) in [6.07, 6.45) is 10.3. The third-order valence-corrected chi connectivity index (χ3v) is 4.60. The maximum absolute atomic E-state index is 5.87. The van der Waals surface area contributed by atoms with Crippen molar-refractivity contribution in [3.63, 3.8) is 0 Å². The molecular formula is C19H36O2. The SMILES string of the molecule is CCC(=COCC(CC)(CC)COC=C(CC)CC)CC. The molecule has 0 aromatic heterocycles. The highest BCUT2D eigenvalue weighted by Gasteiger charge is 2.27. The summed E-state index contributed by atoms with van der Waals surface area (Å²) in [6, 6.07) is 0. The first-order valence-corrected chi connectivity index (χ1v) is 8.70. The molecule has 21 heavy (non-hydrogen) atoms. The van der Waals surface area contributed by atoms with Gasteiger partial charge in [0.2, 0.25) is 0 Å². The minimum Gasteiger partial charge on any atom is -0.501 e. The smallest absolute Gasteiger partial charge is 0.0961 e. The van der Waals surface area contributed by atoms with E-state index in [0.717, 1.165) is 51.7 Å². The Hall–Kier alpha value is -0.920. The third-order valence-electron chi connectivity index (χ3n) is 4.60. The van der Waals surface area contributed by atoms with E-state index in [1.807, 2.05) is 12.5 Å². The molecule has 0 rings (SSSR count). The van der Waals surface area contributed by atoms with Crippen molar-refractivity contribution >= 4 is 0 Å². The molecule has 0 aliphatic carbocycles. The molecule has 0 atom stereocenters. The summed E-state index contributed by atoms with van der Waals surface area (Å²) in [5.74, 6) is 0. The average molecular weight is 296 g/mol. The van der Waals surface area contributed by atoms with E-state index in [-0.39, 0.29) is 5.41 Å². The first-order chi connectivity index (χ1) is 10.1. The molecule has 124 valence electrons. The first-order valence-electron chi connectivity index (χ1n) is 8.70. The van der Waals surface area contributed by atoms with Crippen LogP contribution in [-0.2, 0) is 9.47 Å². The molecule has 0 heterocycles. The molecule has 2 nitrogen and oxygen atoms in total. The highest BCUT2D eigenvalue weighted by Crippen LogP contribution is 2.28. The van der Waals surface area contributed by atoms with Crippen LogP contribution in [0.3, 0.4) is 0 Å². The molecule has 0 fully saturated rings. The number of rotatable bonds is 12. The van der Waals surface area contributed by atoms with Crippen LogP contribution in [0.25, 0.3) is 0 Å². The highest BCUT2D eigenvalue weighted by atomic mass is 16.5. The summed E-state index contributed by atoms with van der Waals surface area (Å²) < 4.78 is 11.7. The predicted octanol–water partition coefficient (Wildman–Crippen LogP) is 6.23. The maximum atomic E-state index is 5.87. The fraction of sp³-hybridized carbons (Fsp3) is 0.789. The van der Waals surface area contributed by atoms with Crippen molar-refractivity contribution in [2.24, 2.45) is 5.41 Å². The Morgan fingerprint density at radius 2 is 1.00 bits per heavy atom. The van der Waals surface area contributed by atoms with Gasteiger partial charge in [0, 0.05) is 5.41 Å². The topological polar surface area (TPSA) is 18.5 Å². The van der Waals surface area contributed by atoms with Gasteiger partial charge in [-0.15, -0.1) is 0 Å². The standard InChI is InChI=1S/C19H36O2/c1-7-17(8-2)13-20-15-19(11-5,12-6)16-21-14-18(9-3)10-4/h13-14H,7-12,15-16H2,1-6H3. The minimum atomic E-state index is 0.117. The van der Waals surface area contributed by atoms with Crippen LogP contribution in [0.1, 0.15) is 80.1 Å². The van der Waals surface area contributed by atoms with Crippen molar-refractivity contribution in [2.75, 3.05) is 13.2 Å². The van der Waals surface area contributed by atoms with Crippen LogP contribution in [-0.4, -0.2) is 13.2 Å². The lowest BCUT2D eigenvalue weighted by Gasteiger charge is -2.30. The summed E-state index contributed by atoms with van der Waals surface area (Å²) in [5.41, 5.74) is 2.86. The van der Waals surface area contributed by atoms with Gasteiger partial charge in [-0.1, -0.05) is 41.5 Å². The summed E-state index contributed by atoms with van der Waals surface area (Å²) in [7, 11) is 0. The highest BCUT2D eigenvalue weighted by molar-refractivity contribution is 4.97. The molecule has 0 unspecified atom stereocenters. The molecule has 0 aromatic rings. The number of ether oxygens (including phenoxy) is 2. The molecule has 0 aromatic carbocycles.